The number of carboxylic acids is 3. The number of nitrogens with zero attached hydrogens (tertiary/aromatic N) is 6. The lowest BCUT2D eigenvalue weighted by Crippen LogP contribution is -2.29. The van der Waals surface area contributed by atoms with Gasteiger partial charge in [-0.25, -0.2) is 0 Å². The lowest BCUT2D eigenvalue weighted by molar-refractivity contribution is -0.138. The summed E-state index contributed by atoms with van der Waals surface area (Å²) in [7, 11) is 5.70. The smallest absolute Gasteiger partial charge is 0.303 e. The first-order valence-corrected chi connectivity index (χ1v) is 12.6. The van der Waals surface area contributed by atoms with Gasteiger partial charge in [-0.1, -0.05) is 19.3 Å². The van der Waals surface area contributed by atoms with Crippen molar-refractivity contribution in [1.29, 1.82) is 0 Å². The highest BCUT2D eigenvalue weighted by Crippen LogP contribution is 2.19. The Morgan fingerprint density at radius 3 is 0.972 bits per heavy atom. The van der Waals surface area contributed by atoms with E-state index in [1.807, 2.05) is 35.8 Å². The van der Waals surface area contributed by atoms with Crippen molar-refractivity contribution in [2.75, 3.05) is 55.5 Å². The molecular weight excluding hydrogens is 468 g/mol. The van der Waals surface area contributed by atoms with Crippen LogP contribution in [0, 0.1) is 0 Å². The first-order valence-electron chi connectivity index (χ1n) is 12.6. The Hall–Kier alpha value is -3.18. The Balaban J connectivity index is 2.82. The fraction of sp³-hybridized carbons (Fsp3) is 0.750. The molecule has 0 aliphatic heterocycles. The summed E-state index contributed by atoms with van der Waals surface area (Å²) < 4.78 is 0. The maximum absolute atomic E-state index is 10.7. The largest absolute Gasteiger partial charge is 0.481 e. The van der Waals surface area contributed by atoms with Crippen molar-refractivity contribution >= 4 is 35.8 Å². The van der Waals surface area contributed by atoms with Crippen LogP contribution in [0.1, 0.15) is 77.0 Å². The van der Waals surface area contributed by atoms with Gasteiger partial charge in [0.15, 0.2) is 0 Å². The summed E-state index contributed by atoms with van der Waals surface area (Å²) in [5, 5.41) is 26.4. The van der Waals surface area contributed by atoms with E-state index in [-0.39, 0.29) is 19.3 Å². The van der Waals surface area contributed by atoms with E-state index >= 15 is 0 Å². The van der Waals surface area contributed by atoms with Crippen LogP contribution < -0.4 is 14.7 Å². The van der Waals surface area contributed by atoms with Gasteiger partial charge in [-0.05, 0) is 38.5 Å². The molecule has 0 aliphatic rings. The molecule has 0 aromatic carbocycles. The van der Waals surface area contributed by atoms with Crippen molar-refractivity contribution in [3.05, 3.63) is 0 Å². The number of unbranched alkanes of at least 4 members (excludes halogenated alkanes) is 6. The first-order chi connectivity index (χ1) is 17.1. The van der Waals surface area contributed by atoms with E-state index in [1.54, 1.807) is 0 Å². The lowest BCUT2D eigenvalue weighted by Gasteiger charge is -2.24. The third kappa shape index (κ3) is 13.6. The third-order valence-electron chi connectivity index (χ3n) is 5.78. The minimum atomic E-state index is -0.785. The molecule has 12 heteroatoms. The van der Waals surface area contributed by atoms with Crippen LogP contribution in [0.25, 0.3) is 0 Å². The highest BCUT2D eigenvalue weighted by atomic mass is 16.4. The van der Waals surface area contributed by atoms with E-state index in [0.717, 1.165) is 38.5 Å². The fourth-order valence-corrected chi connectivity index (χ4v) is 3.56. The summed E-state index contributed by atoms with van der Waals surface area (Å²) in [5.41, 5.74) is 0. The maximum atomic E-state index is 10.7. The van der Waals surface area contributed by atoms with Gasteiger partial charge in [-0.3, -0.25) is 14.4 Å². The average molecular weight is 511 g/mol. The van der Waals surface area contributed by atoms with Crippen LogP contribution in [0.5, 0.6) is 0 Å². The number of hydrogen-bond donors (Lipinski definition) is 3. The zero-order chi connectivity index (χ0) is 26.9. The Kier molecular flexibility index (Phi) is 14.8. The molecule has 0 atom stereocenters. The van der Waals surface area contributed by atoms with Crippen molar-refractivity contribution in [1.82, 2.24) is 15.0 Å². The summed E-state index contributed by atoms with van der Waals surface area (Å²) in [5.74, 6) is -0.762. The molecule has 36 heavy (non-hydrogen) atoms. The van der Waals surface area contributed by atoms with Crippen LogP contribution in [-0.4, -0.2) is 89.0 Å². The second-order valence-electron chi connectivity index (χ2n) is 9.11. The molecule has 0 amide bonds. The highest BCUT2D eigenvalue weighted by molar-refractivity contribution is 5.67. The molecular formula is C24H42N6O6. The molecule has 0 aliphatic carbocycles. The molecule has 3 N–H and O–H groups in total. The van der Waals surface area contributed by atoms with Gasteiger partial charge in [-0.15, -0.1) is 0 Å². The van der Waals surface area contributed by atoms with Gasteiger partial charge in [0.05, 0.1) is 0 Å². The van der Waals surface area contributed by atoms with Crippen molar-refractivity contribution in [2.24, 2.45) is 0 Å². The van der Waals surface area contributed by atoms with Gasteiger partial charge in [0, 0.05) is 60.0 Å². The van der Waals surface area contributed by atoms with Crippen molar-refractivity contribution in [3.63, 3.8) is 0 Å². The summed E-state index contributed by atoms with van der Waals surface area (Å²) in [4.78, 5) is 51.9. The van der Waals surface area contributed by atoms with Gasteiger partial charge in [0.2, 0.25) is 17.8 Å². The van der Waals surface area contributed by atoms with Gasteiger partial charge in [0.1, 0.15) is 0 Å². The minimum absolute atomic E-state index is 0.165. The molecule has 1 rings (SSSR count). The standard InChI is InChI=1S/C24H42N6O6/c1-28(16-10-4-7-13-19(31)32)22-25-23(29(2)17-11-5-8-14-20(33)34)27-24(26-22)30(3)18-12-6-9-15-21(35)36/h4-18H2,1-3H3,(H,31,32)(H,33,34)(H,35,36). The van der Waals surface area contributed by atoms with Crippen LogP contribution >= 0.6 is 0 Å². The molecule has 204 valence electrons. The normalized spacial score (nSPS) is 10.8. The molecule has 0 saturated carbocycles. The molecule has 0 unspecified atom stereocenters. The second-order valence-corrected chi connectivity index (χ2v) is 9.11. The SMILES string of the molecule is CN(CCCCCC(=O)O)c1nc(N(C)CCCCCC(=O)O)nc(N(C)CCCCCC(=O)O)n1. The van der Waals surface area contributed by atoms with Crippen molar-refractivity contribution in [2.45, 2.75) is 77.0 Å². The summed E-state index contributed by atoms with van der Waals surface area (Å²) in [6.45, 7) is 2.04. The van der Waals surface area contributed by atoms with Crippen LogP contribution in [-0.2, 0) is 14.4 Å². The van der Waals surface area contributed by atoms with E-state index in [0.29, 0.717) is 56.7 Å². The van der Waals surface area contributed by atoms with E-state index < -0.39 is 17.9 Å². The Bertz CT molecular complexity index is 707. The van der Waals surface area contributed by atoms with Crippen molar-refractivity contribution < 1.29 is 29.7 Å². The number of aromatic nitrogens is 3. The third-order valence-corrected chi connectivity index (χ3v) is 5.78. The first kappa shape index (κ1) is 30.9. The lowest BCUT2D eigenvalue weighted by atomic mass is 10.2. The molecule has 0 bridgehead atoms. The number of rotatable bonds is 21. The van der Waals surface area contributed by atoms with Crippen LogP contribution in [0.2, 0.25) is 0 Å². The monoisotopic (exact) mass is 510 g/mol. The Labute approximate surface area is 213 Å². The predicted molar refractivity (Wildman–Crippen MR) is 138 cm³/mol. The quantitative estimate of drug-likeness (QED) is 0.208. The van der Waals surface area contributed by atoms with E-state index in [9.17, 15) is 14.4 Å². The highest BCUT2D eigenvalue weighted by Gasteiger charge is 2.16. The zero-order valence-electron chi connectivity index (χ0n) is 21.9. The van der Waals surface area contributed by atoms with E-state index in [1.165, 1.54) is 0 Å². The van der Waals surface area contributed by atoms with Crippen molar-refractivity contribution in [3.8, 4) is 0 Å². The molecule has 1 aromatic heterocycles. The van der Waals surface area contributed by atoms with Gasteiger partial charge < -0.3 is 30.0 Å². The van der Waals surface area contributed by atoms with Crippen LogP contribution in [0.3, 0.4) is 0 Å². The Morgan fingerprint density at radius 1 is 0.500 bits per heavy atom. The summed E-state index contributed by atoms with van der Waals surface area (Å²) >= 11 is 0. The number of carbonyl (C=O) groups is 3. The van der Waals surface area contributed by atoms with E-state index in [4.69, 9.17) is 15.3 Å². The van der Waals surface area contributed by atoms with Crippen LogP contribution in [0.15, 0.2) is 0 Å². The number of carboxylic acid groups (broad SMARTS) is 3. The number of aliphatic carboxylic acids is 3. The summed E-state index contributed by atoms with van der Waals surface area (Å²) in [6, 6.07) is 0. The number of anilines is 3. The fourth-order valence-electron chi connectivity index (χ4n) is 3.56. The van der Waals surface area contributed by atoms with Gasteiger partial charge in [0.25, 0.3) is 0 Å². The Morgan fingerprint density at radius 2 is 0.750 bits per heavy atom. The molecule has 12 nitrogen and oxygen atoms in total. The molecule has 0 saturated heterocycles. The maximum Gasteiger partial charge on any atom is 0.303 e. The predicted octanol–water partition coefficient (Wildman–Crippen LogP) is 3.12. The van der Waals surface area contributed by atoms with Gasteiger partial charge in [-0.2, -0.15) is 15.0 Å². The molecule has 0 fully saturated rings. The molecule has 1 heterocycles. The minimum Gasteiger partial charge on any atom is -0.481 e. The van der Waals surface area contributed by atoms with Crippen LogP contribution in [0.4, 0.5) is 17.8 Å². The second kappa shape index (κ2) is 17.3. The summed E-state index contributed by atoms with van der Waals surface area (Å²) in [6.07, 6.45) is 7.24. The molecule has 0 spiro atoms. The molecule has 1 aromatic rings. The van der Waals surface area contributed by atoms with Gasteiger partial charge >= 0.3 is 17.9 Å². The number of hydrogen-bond acceptors (Lipinski definition) is 9. The zero-order valence-corrected chi connectivity index (χ0v) is 21.9. The average Bonchev–Trinajstić information content (AvgIpc) is 2.82. The van der Waals surface area contributed by atoms with E-state index in [2.05, 4.69) is 15.0 Å². The topological polar surface area (TPSA) is 160 Å². The molecule has 0 radical (unpaired) electrons.